The van der Waals surface area contributed by atoms with Crippen LogP contribution in [0.2, 0.25) is 0 Å². The van der Waals surface area contributed by atoms with Gasteiger partial charge in [-0.2, -0.15) is 0 Å². The summed E-state index contributed by atoms with van der Waals surface area (Å²) >= 11 is 0. The molecule has 0 bridgehead atoms. The summed E-state index contributed by atoms with van der Waals surface area (Å²) in [7, 11) is 0. The highest BCUT2D eigenvalue weighted by Gasteiger charge is 2.07. The fourth-order valence-electron chi connectivity index (χ4n) is 2.99. The van der Waals surface area contributed by atoms with Crippen LogP contribution in [0.1, 0.15) is 49.7 Å². The van der Waals surface area contributed by atoms with Crippen molar-refractivity contribution in [1.82, 2.24) is 0 Å². The Morgan fingerprint density at radius 3 is 1.43 bits per heavy atom. The second-order valence-electron chi connectivity index (χ2n) is 7.11. The molecule has 0 fully saturated rings. The number of ether oxygens (including phenoxy) is 2. The third-order valence-electron chi connectivity index (χ3n) is 4.74. The van der Waals surface area contributed by atoms with Crippen molar-refractivity contribution >= 4 is 11.9 Å². The van der Waals surface area contributed by atoms with Gasteiger partial charge in [0.2, 0.25) is 0 Å². The van der Waals surface area contributed by atoms with Crippen LogP contribution in [0.5, 0.6) is 11.5 Å². The Balaban J connectivity index is 1.43. The van der Waals surface area contributed by atoms with Gasteiger partial charge in [-0.1, -0.05) is 36.4 Å². The molecule has 6 heteroatoms. The standard InChI is InChI=1S/C24H30O6/c25-21-11-5-3-9-19(21)13-15-23(27)29-17-7-1-2-8-18-30-24(28)16-14-20-10-4-6-12-22(20)26/h3-6,9-12,25-26H,1-2,7-8,13-18H2. The predicted molar refractivity (Wildman–Crippen MR) is 113 cm³/mol. The van der Waals surface area contributed by atoms with Gasteiger partial charge in [-0.25, -0.2) is 0 Å². The molecule has 0 spiro atoms. The molecule has 0 heterocycles. The lowest BCUT2D eigenvalue weighted by atomic mass is 10.1. The quantitative estimate of drug-likeness (QED) is 0.375. The summed E-state index contributed by atoms with van der Waals surface area (Å²) in [4.78, 5) is 23.5. The molecule has 0 atom stereocenters. The van der Waals surface area contributed by atoms with Gasteiger partial charge in [-0.3, -0.25) is 9.59 Å². The molecule has 2 N–H and O–H groups in total. The van der Waals surface area contributed by atoms with Crippen molar-refractivity contribution in [2.75, 3.05) is 13.2 Å². The number of hydrogen-bond acceptors (Lipinski definition) is 6. The van der Waals surface area contributed by atoms with E-state index in [2.05, 4.69) is 0 Å². The maximum absolute atomic E-state index is 11.7. The largest absolute Gasteiger partial charge is 0.508 e. The van der Waals surface area contributed by atoms with E-state index >= 15 is 0 Å². The van der Waals surface area contributed by atoms with Crippen molar-refractivity contribution in [3.05, 3.63) is 59.7 Å². The molecule has 0 unspecified atom stereocenters. The third-order valence-corrected chi connectivity index (χ3v) is 4.74. The second kappa shape index (κ2) is 13.2. The van der Waals surface area contributed by atoms with Crippen molar-refractivity contribution < 1.29 is 29.3 Å². The smallest absolute Gasteiger partial charge is 0.306 e. The number of phenols is 2. The summed E-state index contributed by atoms with van der Waals surface area (Å²) in [5, 5.41) is 19.3. The first-order valence-electron chi connectivity index (χ1n) is 10.4. The van der Waals surface area contributed by atoms with Crippen LogP contribution in [0.3, 0.4) is 0 Å². The molecule has 0 saturated heterocycles. The topological polar surface area (TPSA) is 93.1 Å². The minimum Gasteiger partial charge on any atom is -0.508 e. The van der Waals surface area contributed by atoms with Crippen LogP contribution in [0.4, 0.5) is 0 Å². The molecule has 0 aliphatic rings. The molecule has 2 rings (SSSR count). The number of aryl methyl sites for hydroxylation is 2. The normalized spacial score (nSPS) is 10.5. The second-order valence-corrected chi connectivity index (χ2v) is 7.11. The van der Waals surface area contributed by atoms with E-state index in [4.69, 9.17) is 9.47 Å². The summed E-state index contributed by atoms with van der Waals surface area (Å²) in [6, 6.07) is 13.9. The van der Waals surface area contributed by atoms with Crippen LogP contribution in [0.25, 0.3) is 0 Å². The molecule has 6 nitrogen and oxygen atoms in total. The van der Waals surface area contributed by atoms with Gasteiger partial charge in [0.05, 0.1) is 13.2 Å². The predicted octanol–water partition coefficient (Wildman–Crippen LogP) is 4.31. The van der Waals surface area contributed by atoms with Crippen molar-refractivity contribution in [1.29, 1.82) is 0 Å². The van der Waals surface area contributed by atoms with Crippen LogP contribution >= 0.6 is 0 Å². The van der Waals surface area contributed by atoms with Gasteiger partial charge in [0.1, 0.15) is 11.5 Å². The third kappa shape index (κ3) is 8.99. The molecule has 0 radical (unpaired) electrons. The highest BCUT2D eigenvalue weighted by Crippen LogP contribution is 2.18. The first-order chi connectivity index (χ1) is 14.6. The fraction of sp³-hybridized carbons (Fsp3) is 0.417. The lowest BCUT2D eigenvalue weighted by Crippen LogP contribution is -2.08. The van der Waals surface area contributed by atoms with E-state index in [-0.39, 0.29) is 36.3 Å². The van der Waals surface area contributed by atoms with Gasteiger partial charge >= 0.3 is 11.9 Å². The molecule has 2 aromatic rings. The summed E-state index contributed by atoms with van der Waals surface area (Å²) in [5.41, 5.74) is 1.48. The van der Waals surface area contributed by atoms with Crippen molar-refractivity contribution in [3.8, 4) is 11.5 Å². The minimum absolute atomic E-state index is 0.198. The zero-order valence-corrected chi connectivity index (χ0v) is 17.2. The molecular formula is C24H30O6. The number of esters is 2. The zero-order valence-electron chi connectivity index (χ0n) is 17.2. The van der Waals surface area contributed by atoms with E-state index in [9.17, 15) is 19.8 Å². The number of benzene rings is 2. The van der Waals surface area contributed by atoms with Crippen LogP contribution in [0.15, 0.2) is 48.5 Å². The average molecular weight is 414 g/mol. The Kier molecular flexibility index (Phi) is 10.3. The number of aromatic hydroxyl groups is 2. The maximum atomic E-state index is 11.7. The zero-order chi connectivity index (χ0) is 21.6. The number of carbonyl (C=O) groups excluding carboxylic acids is 2. The van der Waals surface area contributed by atoms with Crippen LogP contribution < -0.4 is 0 Å². The Labute approximate surface area is 177 Å². The van der Waals surface area contributed by atoms with E-state index in [1.54, 1.807) is 36.4 Å². The van der Waals surface area contributed by atoms with E-state index in [0.717, 1.165) is 36.8 Å². The molecule has 0 saturated carbocycles. The summed E-state index contributed by atoms with van der Waals surface area (Å²) in [6.07, 6.45) is 4.72. The average Bonchev–Trinajstić information content (AvgIpc) is 2.74. The minimum atomic E-state index is -0.267. The Morgan fingerprint density at radius 1 is 0.633 bits per heavy atom. The molecular weight excluding hydrogens is 384 g/mol. The summed E-state index contributed by atoms with van der Waals surface area (Å²) in [6.45, 7) is 0.750. The lowest BCUT2D eigenvalue weighted by Gasteiger charge is -2.07. The van der Waals surface area contributed by atoms with Gasteiger partial charge in [-0.15, -0.1) is 0 Å². The van der Waals surface area contributed by atoms with Gasteiger partial charge in [0.25, 0.3) is 0 Å². The van der Waals surface area contributed by atoms with Crippen molar-refractivity contribution in [3.63, 3.8) is 0 Å². The molecule has 30 heavy (non-hydrogen) atoms. The van der Waals surface area contributed by atoms with E-state index in [1.165, 1.54) is 0 Å². The monoisotopic (exact) mass is 414 g/mol. The van der Waals surface area contributed by atoms with E-state index in [0.29, 0.717) is 26.1 Å². The first-order valence-corrected chi connectivity index (χ1v) is 10.4. The summed E-state index contributed by atoms with van der Waals surface area (Å²) in [5.74, 6) is -0.137. The Hall–Kier alpha value is -3.02. The van der Waals surface area contributed by atoms with Crippen LogP contribution in [-0.2, 0) is 31.9 Å². The van der Waals surface area contributed by atoms with E-state index < -0.39 is 0 Å². The molecule has 0 aromatic heterocycles. The molecule has 0 aliphatic carbocycles. The Bertz CT molecular complexity index is 734. The highest BCUT2D eigenvalue weighted by atomic mass is 16.5. The fourth-order valence-corrected chi connectivity index (χ4v) is 2.99. The molecule has 0 aliphatic heterocycles. The highest BCUT2D eigenvalue weighted by molar-refractivity contribution is 5.70. The number of phenolic OH excluding ortho intramolecular Hbond substituents is 2. The van der Waals surface area contributed by atoms with Gasteiger partial charge in [0.15, 0.2) is 0 Å². The van der Waals surface area contributed by atoms with E-state index in [1.807, 2.05) is 12.1 Å². The van der Waals surface area contributed by atoms with Crippen LogP contribution in [0, 0.1) is 0 Å². The SMILES string of the molecule is O=C(CCc1ccccc1O)OCCCCCCOC(=O)CCc1ccccc1O. The first kappa shape index (κ1) is 23.3. The van der Waals surface area contributed by atoms with Gasteiger partial charge < -0.3 is 19.7 Å². The van der Waals surface area contributed by atoms with Crippen LogP contribution in [-0.4, -0.2) is 35.4 Å². The number of rotatable bonds is 13. The lowest BCUT2D eigenvalue weighted by molar-refractivity contribution is -0.145. The van der Waals surface area contributed by atoms with Crippen molar-refractivity contribution in [2.45, 2.75) is 51.4 Å². The maximum Gasteiger partial charge on any atom is 0.306 e. The number of hydrogen-bond donors (Lipinski definition) is 2. The molecule has 162 valence electrons. The number of para-hydroxylation sites is 2. The molecule has 0 amide bonds. The molecule has 2 aromatic carbocycles. The number of unbranched alkanes of at least 4 members (excludes halogenated alkanes) is 3. The number of carbonyl (C=O) groups is 2. The van der Waals surface area contributed by atoms with Gasteiger partial charge in [0, 0.05) is 12.8 Å². The summed E-state index contributed by atoms with van der Waals surface area (Å²) < 4.78 is 10.4. The van der Waals surface area contributed by atoms with Gasteiger partial charge in [-0.05, 0) is 61.8 Å². The Morgan fingerprint density at radius 2 is 1.03 bits per heavy atom. The van der Waals surface area contributed by atoms with Crippen molar-refractivity contribution in [2.24, 2.45) is 0 Å².